The Bertz CT molecular complexity index is 874. The van der Waals surface area contributed by atoms with Gasteiger partial charge in [0.25, 0.3) is 0 Å². The molecule has 0 unspecified atom stereocenters. The third-order valence-electron chi connectivity index (χ3n) is 5.00. The van der Waals surface area contributed by atoms with Crippen LogP contribution >= 0.6 is 0 Å². The Morgan fingerprint density at radius 3 is 2.54 bits per heavy atom. The number of hydrogen-bond acceptors (Lipinski definition) is 2. The van der Waals surface area contributed by atoms with Crippen molar-refractivity contribution in [2.45, 2.75) is 38.0 Å². The number of carboxylic acids is 1. The van der Waals surface area contributed by atoms with Crippen molar-refractivity contribution in [2.75, 3.05) is 0 Å². The Kier molecular flexibility index (Phi) is 3.81. The summed E-state index contributed by atoms with van der Waals surface area (Å²) in [4.78, 5) is 15.9. The van der Waals surface area contributed by atoms with Gasteiger partial charge in [-0.25, -0.2) is 9.78 Å². The Morgan fingerprint density at radius 1 is 1.08 bits per heavy atom. The van der Waals surface area contributed by atoms with Crippen molar-refractivity contribution in [1.29, 1.82) is 0 Å². The van der Waals surface area contributed by atoms with E-state index >= 15 is 0 Å². The first kappa shape index (κ1) is 14.9. The van der Waals surface area contributed by atoms with E-state index in [1.807, 2.05) is 12.4 Å². The van der Waals surface area contributed by atoms with Gasteiger partial charge in [-0.1, -0.05) is 43.5 Å². The molecule has 0 saturated heterocycles. The van der Waals surface area contributed by atoms with Crippen molar-refractivity contribution in [1.82, 2.24) is 9.38 Å². The molecular weight excluding hydrogens is 300 g/mol. The first-order valence-electron chi connectivity index (χ1n) is 8.54. The molecule has 1 aliphatic rings. The monoisotopic (exact) mass is 320 g/mol. The van der Waals surface area contributed by atoms with Gasteiger partial charge in [-0.05, 0) is 36.5 Å². The summed E-state index contributed by atoms with van der Waals surface area (Å²) in [6, 6.07) is 11.9. The second kappa shape index (κ2) is 6.11. The zero-order chi connectivity index (χ0) is 16.5. The van der Waals surface area contributed by atoms with E-state index in [0.29, 0.717) is 11.6 Å². The van der Waals surface area contributed by atoms with Gasteiger partial charge in [0.15, 0.2) is 5.65 Å². The van der Waals surface area contributed by atoms with E-state index in [1.54, 1.807) is 16.5 Å². The molecule has 1 fully saturated rings. The van der Waals surface area contributed by atoms with Gasteiger partial charge >= 0.3 is 5.97 Å². The largest absolute Gasteiger partial charge is 0.478 e. The lowest BCUT2D eigenvalue weighted by Crippen LogP contribution is -2.04. The summed E-state index contributed by atoms with van der Waals surface area (Å²) in [6.45, 7) is 0. The maximum absolute atomic E-state index is 11.3. The highest BCUT2D eigenvalue weighted by molar-refractivity contribution is 5.94. The van der Waals surface area contributed by atoms with Gasteiger partial charge in [0.1, 0.15) is 5.56 Å². The molecule has 24 heavy (non-hydrogen) atoms. The Morgan fingerprint density at radius 2 is 1.83 bits per heavy atom. The summed E-state index contributed by atoms with van der Waals surface area (Å²) in [5.74, 6) is -0.266. The standard InChI is InChI=1S/C20H20N2O2/c23-20(24)17-7-4-12-22-13-18(21-19(17)22)16-10-8-15(9-11-16)14-5-2-1-3-6-14/h4,7-14H,1-3,5-6H2,(H,23,24). The molecular formula is C20H20N2O2. The van der Waals surface area contributed by atoms with Crippen LogP contribution in [0.3, 0.4) is 0 Å². The minimum Gasteiger partial charge on any atom is -0.478 e. The number of carboxylic acid groups (broad SMARTS) is 1. The fourth-order valence-electron chi connectivity index (χ4n) is 3.68. The van der Waals surface area contributed by atoms with Crippen LogP contribution < -0.4 is 0 Å². The normalized spacial score (nSPS) is 15.7. The minimum absolute atomic E-state index is 0.225. The van der Waals surface area contributed by atoms with Crippen LogP contribution in [0.25, 0.3) is 16.9 Å². The lowest BCUT2D eigenvalue weighted by atomic mass is 9.84. The zero-order valence-corrected chi connectivity index (χ0v) is 13.5. The van der Waals surface area contributed by atoms with E-state index in [-0.39, 0.29) is 5.56 Å². The number of fused-ring (bicyclic) bond motifs is 1. The first-order chi connectivity index (χ1) is 11.7. The molecule has 2 aromatic heterocycles. The smallest absolute Gasteiger partial charge is 0.339 e. The second-order valence-electron chi connectivity index (χ2n) is 6.54. The molecule has 0 radical (unpaired) electrons. The van der Waals surface area contributed by atoms with Gasteiger partial charge in [0.05, 0.1) is 5.69 Å². The summed E-state index contributed by atoms with van der Waals surface area (Å²) in [5.41, 5.74) is 3.95. The number of pyridine rings is 1. The summed E-state index contributed by atoms with van der Waals surface area (Å²) in [6.07, 6.45) is 10.3. The van der Waals surface area contributed by atoms with Crippen LogP contribution in [-0.2, 0) is 0 Å². The predicted octanol–water partition coefficient (Wildman–Crippen LogP) is 4.75. The predicted molar refractivity (Wildman–Crippen MR) is 93.4 cm³/mol. The van der Waals surface area contributed by atoms with E-state index in [4.69, 9.17) is 0 Å². The van der Waals surface area contributed by atoms with E-state index < -0.39 is 5.97 Å². The van der Waals surface area contributed by atoms with Gasteiger partial charge < -0.3 is 9.51 Å². The zero-order valence-electron chi connectivity index (χ0n) is 13.5. The second-order valence-corrected chi connectivity index (χ2v) is 6.54. The van der Waals surface area contributed by atoms with E-state index in [2.05, 4.69) is 29.2 Å². The highest BCUT2D eigenvalue weighted by atomic mass is 16.4. The molecule has 0 amide bonds. The molecule has 0 bridgehead atoms. The fraction of sp³-hybridized carbons (Fsp3) is 0.300. The lowest BCUT2D eigenvalue weighted by molar-refractivity contribution is 0.0698. The highest BCUT2D eigenvalue weighted by Gasteiger charge is 2.16. The van der Waals surface area contributed by atoms with Gasteiger partial charge in [0, 0.05) is 18.0 Å². The van der Waals surface area contributed by atoms with Crippen molar-refractivity contribution in [2.24, 2.45) is 0 Å². The maximum atomic E-state index is 11.3. The molecule has 1 aromatic carbocycles. The van der Waals surface area contributed by atoms with E-state index in [1.165, 1.54) is 37.7 Å². The molecule has 3 aromatic rings. The fourth-order valence-corrected chi connectivity index (χ4v) is 3.68. The third-order valence-corrected chi connectivity index (χ3v) is 5.00. The van der Waals surface area contributed by atoms with Crippen LogP contribution in [0.1, 0.15) is 53.9 Å². The van der Waals surface area contributed by atoms with Crippen molar-refractivity contribution in [3.8, 4) is 11.3 Å². The molecule has 4 heteroatoms. The van der Waals surface area contributed by atoms with Crippen molar-refractivity contribution < 1.29 is 9.90 Å². The molecule has 4 rings (SSSR count). The van der Waals surface area contributed by atoms with Gasteiger partial charge in [0.2, 0.25) is 0 Å². The Hall–Kier alpha value is -2.62. The van der Waals surface area contributed by atoms with Crippen molar-refractivity contribution in [3.63, 3.8) is 0 Å². The molecule has 1 saturated carbocycles. The summed E-state index contributed by atoms with van der Waals surface area (Å²) in [5, 5.41) is 9.29. The average molecular weight is 320 g/mol. The molecule has 122 valence electrons. The number of nitrogens with zero attached hydrogens (tertiary/aromatic N) is 2. The highest BCUT2D eigenvalue weighted by Crippen LogP contribution is 2.33. The Balaban J connectivity index is 1.67. The van der Waals surface area contributed by atoms with Gasteiger partial charge in [-0.15, -0.1) is 0 Å². The SMILES string of the molecule is O=C(O)c1cccn2cc(-c3ccc(C4CCCCC4)cc3)nc12. The average Bonchev–Trinajstić information content (AvgIpc) is 3.06. The van der Waals surface area contributed by atoms with Crippen LogP contribution in [0, 0.1) is 0 Å². The topological polar surface area (TPSA) is 54.6 Å². The minimum atomic E-state index is -0.953. The van der Waals surface area contributed by atoms with Crippen LogP contribution in [0.15, 0.2) is 48.8 Å². The molecule has 1 aliphatic carbocycles. The summed E-state index contributed by atoms with van der Waals surface area (Å²) in [7, 11) is 0. The van der Waals surface area contributed by atoms with Crippen LogP contribution in [0.4, 0.5) is 0 Å². The molecule has 0 aliphatic heterocycles. The van der Waals surface area contributed by atoms with Crippen LogP contribution in [-0.4, -0.2) is 20.5 Å². The number of hydrogen-bond donors (Lipinski definition) is 1. The lowest BCUT2D eigenvalue weighted by Gasteiger charge is -2.21. The maximum Gasteiger partial charge on any atom is 0.339 e. The molecule has 1 N–H and O–H groups in total. The van der Waals surface area contributed by atoms with Crippen molar-refractivity contribution >= 4 is 11.6 Å². The number of benzene rings is 1. The van der Waals surface area contributed by atoms with E-state index in [9.17, 15) is 9.90 Å². The van der Waals surface area contributed by atoms with Gasteiger partial charge in [-0.2, -0.15) is 0 Å². The number of carbonyl (C=O) groups is 1. The molecule has 0 spiro atoms. The van der Waals surface area contributed by atoms with Crippen molar-refractivity contribution in [3.05, 3.63) is 59.9 Å². The first-order valence-corrected chi connectivity index (χ1v) is 8.54. The summed E-state index contributed by atoms with van der Waals surface area (Å²) >= 11 is 0. The third kappa shape index (κ3) is 2.68. The molecule has 2 heterocycles. The Labute approximate surface area is 140 Å². The van der Waals surface area contributed by atoms with E-state index in [0.717, 1.165) is 11.3 Å². The number of imidazole rings is 1. The molecule has 4 nitrogen and oxygen atoms in total. The quantitative estimate of drug-likeness (QED) is 0.758. The van der Waals surface area contributed by atoms with Crippen LogP contribution in [0.5, 0.6) is 0 Å². The van der Waals surface area contributed by atoms with Crippen LogP contribution in [0.2, 0.25) is 0 Å². The summed E-state index contributed by atoms with van der Waals surface area (Å²) < 4.78 is 1.77. The number of aromatic carboxylic acids is 1. The number of aromatic nitrogens is 2. The molecule has 0 atom stereocenters. The number of rotatable bonds is 3. The van der Waals surface area contributed by atoms with Gasteiger partial charge in [-0.3, -0.25) is 0 Å².